The van der Waals surface area contributed by atoms with Gasteiger partial charge in [-0.05, 0) is 164 Å². The monoisotopic (exact) mass is 862 g/mol. The first kappa shape index (κ1) is 43.3. The second-order valence-electron chi connectivity index (χ2n) is 16.9. The first-order chi connectivity index (χ1) is 28.3. The molecule has 0 spiro atoms. The summed E-state index contributed by atoms with van der Waals surface area (Å²) >= 11 is 0. The lowest BCUT2D eigenvalue weighted by molar-refractivity contribution is 0.255. The summed E-state index contributed by atoms with van der Waals surface area (Å²) in [6.07, 6.45) is 12.0. The van der Waals surface area contributed by atoms with E-state index in [9.17, 15) is 26.4 Å². The predicted octanol–water partition coefficient (Wildman–Crippen LogP) is 5.06. The highest BCUT2D eigenvalue weighted by Crippen LogP contribution is 2.40. The number of carbonyl (C=O) groups excluding carboxylic acids is 2. The van der Waals surface area contributed by atoms with Crippen LogP contribution in [0.15, 0.2) is 34.3 Å². The van der Waals surface area contributed by atoms with Crippen molar-refractivity contribution in [2.24, 2.45) is 14.1 Å². The molecule has 4 N–H and O–H groups in total. The molecule has 0 saturated carbocycles. The van der Waals surface area contributed by atoms with Crippen molar-refractivity contribution >= 4 is 43.5 Å². The molecule has 4 aromatic rings. The maximum atomic E-state index is 12.8. The van der Waals surface area contributed by atoms with Crippen molar-refractivity contribution in [3.8, 4) is 0 Å². The van der Waals surface area contributed by atoms with Crippen molar-refractivity contribution in [1.82, 2.24) is 38.8 Å². The molecule has 0 saturated heterocycles. The average Bonchev–Trinajstić information content (AvgIpc) is 4.03. The van der Waals surface area contributed by atoms with Gasteiger partial charge in [0.15, 0.2) is 10.1 Å². The van der Waals surface area contributed by atoms with Crippen molar-refractivity contribution in [2.75, 3.05) is 38.8 Å². The quantitative estimate of drug-likeness (QED) is 0.168. The Morgan fingerprint density at radius 1 is 0.550 bits per heavy atom. The number of rotatable bonds is 10. The molecule has 4 amide bonds. The minimum Gasteiger partial charge on any atom is -0.307 e. The van der Waals surface area contributed by atoms with E-state index in [0.717, 1.165) is 122 Å². The Labute approximate surface area is 353 Å². The SMILES string of the molecule is CC(c1cc(S(=O)(=O)NC(=O)Nc2c3c(cc4c2CCC4)CCC3)nn1C)N(C)C.CC(c1cc(S(=O)(=O)NC(=O)Nc2c3c(cc4c2CCC4)CCC3)nn1C)N(C)C. The number of nitrogens with one attached hydrogen (secondary N) is 4. The molecule has 4 aliphatic rings. The largest absolute Gasteiger partial charge is 0.333 e. The minimum atomic E-state index is -4.08. The highest BCUT2D eigenvalue weighted by molar-refractivity contribution is 7.90. The van der Waals surface area contributed by atoms with Gasteiger partial charge in [-0.25, -0.2) is 19.0 Å². The lowest BCUT2D eigenvalue weighted by Gasteiger charge is -2.19. The van der Waals surface area contributed by atoms with Crippen LogP contribution >= 0.6 is 0 Å². The summed E-state index contributed by atoms with van der Waals surface area (Å²) in [5, 5.41) is 13.6. The zero-order valence-corrected chi connectivity index (χ0v) is 37.5. The summed E-state index contributed by atoms with van der Waals surface area (Å²) in [6.45, 7) is 3.92. The third-order valence-corrected chi connectivity index (χ3v) is 15.0. The number of aromatic nitrogens is 4. The maximum Gasteiger partial charge on any atom is 0.333 e. The smallest absolute Gasteiger partial charge is 0.307 e. The minimum absolute atomic E-state index is 0.0187. The highest BCUT2D eigenvalue weighted by Gasteiger charge is 2.30. The lowest BCUT2D eigenvalue weighted by Crippen LogP contribution is -2.35. The summed E-state index contributed by atoms with van der Waals surface area (Å²) in [7, 11) is 2.88. The van der Waals surface area contributed by atoms with Crippen LogP contribution in [0.3, 0.4) is 0 Å². The van der Waals surface area contributed by atoms with Gasteiger partial charge in [0.25, 0.3) is 20.0 Å². The number of carbonyl (C=O) groups is 2. The number of aryl methyl sites for hydroxylation is 6. The van der Waals surface area contributed by atoms with Gasteiger partial charge in [0.2, 0.25) is 0 Å². The fourth-order valence-electron chi connectivity index (χ4n) is 9.04. The van der Waals surface area contributed by atoms with Crippen molar-refractivity contribution in [1.29, 1.82) is 0 Å². The number of benzene rings is 2. The van der Waals surface area contributed by atoms with Crippen molar-refractivity contribution in [3.63, 3.8) is 0 Å². The number of fused-ring (bicyclic) bond motifs is 4. The predicted molar refractivity (Wildman–Crippen MR) is 230 cm³/mol. The van der Waals surface area contributed by atoms with Crippen molar-refractivity contribution in [3.05, 3.63) is 80.2 Å². The zero-order valence-electron chi connectivity index (χ0n) is 35.9. The van der Waals surface area contributed by atoms with Gasteiger partial charge >= 0.3 is 12.1 Å². The van der Waals surface area contributed by atoms with Gasteiger partial charge in [0.1, 0.15) is 0 Å². The van der Waals surface area contributed by atoms with Gasteiger partial charge in [0.05, 0.1) is 11.4 Å². The molecule has 324 valence electrons. The summed E-state index contributed by atoms with van der Waals surface area (Å²) in [4.78, 5) is 29.3. The van der Waals surface area contributed by atoms with E-state index >= 15 is 0 Å². The molecule has 16 nitrogen and oxygen atoms in total. The van der Waals surface area contributed by atoms with Crippen LogP contribution in [0.5, 0.6) is 0 Å². The molecule has 2 aromatic heterocycles. The number of urea groups is 2. The van der Waals surface area contributed by atoms with Crippen molar-refractivity contribution < 1.29 is 26.4 Å². The van der Waals surface area contributed by atoms with Crippen molar-refractivity contribution in [2.45, 2.75) is 113 Å². The molecule has 60 heavy (non-hydrogen) atoms. The number of nitrogens with zero attached hydrogens (tertiary/aromatic N) is 6. The number of anilines is 2. The van der Waals surface area contributed by atoms with Gasteiger partial charge in [0, 0.05) is 49.7 Å². The molecule has 0 bridgehead atoms. The number of hydrogen-bond acceptors (Lipinski definition) is 10. The van der Waals surface area contributed by atoms with Gasteiger partial charge < -0.3 is 20.4 Å². The molecule has 2 unspecified atom stereocenters. The van der Waals surface area contributed by atoms with Gasteiger partial charge in [-0.3, -0.25) is 9.36 Å². The second-order valence-corrected chi connectivity index (χ2v) is 20.2. The Kier molecular flexibility index (Phi) is 12.2. The van der Waals surface area contributed by atoms with Crippen LogP contribution in [0.25, 0.3) is 0 Å². The summed E-state index contributed by atoms with van der Waals surface area (Å²) in [5.41, 5.74) is 12.9. The van der Waals surface area contributed by atoms with E-state index < -0.39 is 32.1 Å². The van der Waals surface area contributed by atoms with E-state index in [0.29, 0.717) is 0 Å². The molecule has 0 radical (unpaired) electrons. The number of sulfonamides is 2. The Morgan fingerprint density at radius 3 is 1.13 bits per heavy atom. The first-order valence-corrected chi connectivity index (χ1v) is 23.7. The average molecular weight is 863 g/mol. The lowest BCUT2D eigenvalue weighted by atomic mass is 9.99. The molecule has 4 aliphatic carbocycles. The van der Waals surface area contributed by atoms with Crippen LogP contribution in [0.4, 0.5) is 21.0 Å². The van der Waals surface area contributed by atoms with Crippen LogP contribution < -0.4 is 20.1 Å². The molecule has 2 atom stereocenters. The van der Waals surface area contributed by atoms with Crippen LogP contribution in [0.2, 0.25) is 0 Å². The Balaban J connectivity index is 0.000000181. The topological polar surface area (TPSA) is 193 Å². The van der Waals surface area contributed by atoms with E-state index in [1.54, 1.807) is 14.1 Å². The zero-order chi connectivity index (χ0) is 43.3. The fourth-order valence-corrected chi connectivity index (χ4v) is 10.9. The Morgan fingerprint density at radius 2 is 0.850 bits per heavy atom. The molecular formula is C42H58N10O6S2. The molecule has 8 rings (SSSR count). The van der Waals surface area contributed by atoms with E-state index in [4.69, 9.17) is 0 Å². The summed E-state index contributed by atoms with van der Waals surface area (Å²) < 4.78 is 58.5. The van der Waals surface area contributed by atoms with E-state index in [1.165, 1.54) is 43.8 Å². The van der Waals surface area contributed by atoms with E-state index in [1.807, 2.05) is 51.8 Å². The van der Waals surface area contributed by atoms with E-state index in [2.05, 4.69) is 42.4 Å². The van der Waals surface area contributed by atoms with Gasteiger partial charge in [-0.1, -0.05) is 12.1 Å². The van der Waals surface area contributed by atoms with Gasteiger partial charge in [-0.2, -0.15) is 27.0 Å². The van der Waals surface area contributed by atoms with Crippen LogP contribution in [-0.4, -0.2) is 86.4 Å². The maximum absolute atomic E-state index is 12.8. The fraction of sp³-hybridized carbons (Fsp3) is 0.524. The molecular weight excluding hydrogens is 805 g/mol. The van der Waals surface area contributed by atoms with Crippen LogP contribution in [0.1, 0.15) is 108 Å². The normalized spacial score (nSPS) is 16.4. The van der Waals surface area contributed by atoms with Crippen LogP contribution in [0, 0.1) is 0 Å². The third kappa shape index (κ3) is 8.69. The molecule has 2 aromatic carbocycles. The van der Waals surface area contributed by atoms with Gasteiger partial charge in [-0.15, -0.1) is 0 Å². The highest BCUT2D eigenvalue weighted by atomic mass is 32.2. The number of hydrogen-bond donors (Lipinski definition) is 4. The molecule has 0 fully saturated rings. The van der Waals surface area contributed by atoms with E-state index in [-0.39, 0.29) is 22.1 Å². The Bertz CT molecular complexity index is 2320. The van der Waals surface area contributed by atoms with Crippen LogP contribution in [-0.2, 0) is 85.5 Å². The first-order valence-electron chi connectivity index (χ1n) is 20.8. The Hall–Kier alpha value is -4.78. The number of amides is 4. The third-order valence-electron chi connectivity index (χ3n) is 12.6. The second kappa shape index (κ2) is 16.9. The summed E-state index contributed by atoms with van der Waals surface area (Å²) in [5.74, 6) is 0. The molecule has 2 heterocycles. The molecule has 0 aliphatic heterocycles. The standard InChI is InChI=1S/2C21H29N5O3S/c2*1-13(25(2)3)18-12-19(23-26(18)4)30(28,29)24-21(27)22-20-16-9-5-7-14(16)11-15-8-6-10-17(15)20/h2*11-13H,5-10H2,1-4H3,(H2,22,24,27). The molecule has 18 heteroatoms. The summed E-state index contributed by atoms with van der Waals surface area (Å²) in [6, 6.07) is 6.05.